The van der Waals surface area contributed by atoms with E-state index in [9.17, 15) is 0 Å². The van der Waals surface area contributed by atoms with Crippen molar-refractivity contribution in [3.05, 3.63) is 70.8 Å². The number of rotatable bonds is 6. The molecule has 2 N–H and O–H groups in total. The molecule has 5 nitrogen and oxygen atoms in total. The molecule has 28 heavy (non-hydrogen) atoms. The Morgan fingerprint density at radius 2 is 1.54 bits per heavy atom. The lowest BCUT2D eigenvalue weighted by atomic mass is 10.1. The molecule has 1 aliphatic rings. The average molecular weight is 380 g/mol. The first kappa shape index (κ1) is 20.4. The summed E-state index contributed by atoms with van der Waals surface area (Å²) in [5, 5.41) is 6.80. The Bertz CT molecular complexity index is 761. The van der Waals surface area contributed by atoms with Crippen LogP contribution >= 0.6 is 0 Å². The third kappa shape index (κ3) is 6.08. The Hall–Kier alpha value is -2.37. The van der Waals surface area contributed by atoms with Crippen molar-refractivity contribution in [3.8, 4) is 0 Å². The second kappa shape index (κ2) is 10.2. The van der Waals surface area contributed by atoms with Crippen LogP contribution in [0.1, 0.15) is 22.3 Å². The molecule has 1 heterocycles. The molecule has 0 bridgehead atoms. The molecule has 0 saturated carbocycles. The zero-order chi connectivity index (χ0) is 19.8. The highest BCUT2D eigenvalue weighted by Crippen LogP contribution is 2.10. The van der Waals surface area contributed by atoms with Crippen LogP contribution in [0.3, 0.4) is 0 Å². The van der Waals surface area contributed by atoms with Gasteiger partial charge in [0.25, 0.3) is 0 Å². The number of nitrogens with one attached hydrogen (secondary N) is 2. The minimum absolute atomic E-state index is 0.766. The highest BCUT2D eigenvalue weighted by atomic mass is 15.2. The lowest BCUT2D eigenvalue weighted by Crippen LogP contribution is -2.43. The fourth-order valence-electron chi connectivity index (χ4n) is 3.42. The van der Waals surface area contributed by atoms with E-state index in [2.05, 4.69) is 87.9 Å². The largest absolute Gasteiger partial charge is 0.352 e. The minimum atomic E-state index is 0.766. The number of piperazine rings is 1. The topological polar surface area (TPSA) is 42.9 Å². The van der Waals surface area contributed by atoms with Gasteiger partial charge in [-0.3, -0.25) is 9.89 Å². The van der Waals surface area contributed by atoms with E-state index in [1.165, 1.54) is 22.3 Å². The van der Waals surface area contributed by atoms with Crippen LogP contribution < -0.4 is 10.6 Å². The van der Waals surface area contributed by atoms with E-state index in [-0.39, 0.29) is 0 Å². The smallest absolute Gasteiger partial charge is 0.191 e. The second-order valence-corrected chi connectivity index (χ2v) is 7.60. The molecule has 0 spiro atoms. The van der Waals surface area contributed by atoms with E-state index < -0.39 is 0 Å². The Morgan fingerprint density at radius 3 is 2.21 bits per heavy atom. The first-order valence-corrected chi connectivity index (χ1v) is 10.1. The van der Waals surface area contributed by atoms with E-state index in [1.807, 2.05) is 7.05 Å². The van der Waals surface area contributed by atoms with Crippen LogP contribution in [0, 0.1) is 6.92 Å². The van der Waals surface area contributed by atoms with Crippen LogP contribution in [-0.2, 0) is 19.6 Å². The molecule has 0 aromatic heterocycles. The Morgan fingerprint density at radius 1 is 0.893 bits per heavy atom. The summed E-state index contributed by atoms with van der Waals surface area (Å²) in [6.07, 6.45) is 0. The molecule has 3 rings (SSSR count). The number of hydrogen-bond donors (Lipinski definition) is 2. The fourth-order valence-corrected chi connectivity index (χ4v) is 3.42. The molecule has 0 aliphatic carbocycles. The van der Waals surface area contributed by atoms with E-state index in [1.54, 1.807) is 0 Å². The van der Waals surface area contributed by atoms with Crippen molar-refractivity contribution in [1.82, 2.24) is 20.4 Å². The van der Waals surface area contributed by atoms with Crippen LogP contribution in [0.25, 0.3) is 0 Å². The van der Waals surface area contributed by atoms with Crippen LogP contribution in [-0.4, -0.2) is 56.0 Å². The summed E-state index contributed by atoms with van der Waals surface area (Å²) >= 11 is 0. The van der Waals surface area contributed by atoms with E-state index in [0.717, 1.165) is 51.8 Å². The molecule has 2 aromatic rings. The highest BCUT2D eigenvalue weighted by molar-refractivity contribution is 5.79. The molecular weight excluding hydrogens is 346 g/mol. The molecule has 1 fully saturated rings. The fraction of sp³-hybridized carbons (Fsp3) is 0.435. The molecule has 1 saturated heterocycles. The maximum absolute atomic E-state index is 4.33. The summed E-state index contributed by atoms with van der Waals surface area (Å²) in [6, 6.07) is 17.4. The van der Waals surface area contributed by atoms with Gasteiger partial charge in [0.1, 0.15) is 0 Å². The van der Waals surface area contributed by atoms with Gasteiger partial charge in [-0.1, -0.05) is 48.5 Å². The number of likely N-dealkylation sites (N-methyl/N-ethyl adjacent to an activating group) is 1. The maximum atomic E-state index is 4.33. The lowest BCUT2D eigenvalue weighted by Gasteiger charge is -2.32. The number of hydrogen-bond acceptors (Lipinski definition) is 3. The minimum Gasteiger partial charge on any atom is -0.352 e. The SMILES string of the molecule is CN=C(NCc1ccc(CN2CCN(C)CC2)cc1)NCc1ccccc1C. The van der Waals surface area contributed by atoms with Crippen molar-refractivity contribution in [2.24, 2.45) is 4.99 Å². The summed E-state index contributed by atoms with van der Waals surface area (Å²) in [4.78, 5) is 9.26. The van der Waals surface area contributed by atoms with Crippen molar-refractivity contribution in [2.45, 2.75) is 26.6 Å². The van der Waals surface area contributed by atoms with E-state index in [4.69, 9.17) is 0 Å². The summed E-state index contributed by atoms with van der Waals surface area (Å²) in [5.74, 6) is 0.824. The monoisotopic (exact) mass is 379 g/mol. The average Bonchev–Trinajstić information content (AvgIpc) is 2.72. The quantitative estimate of drug-likeness (QED) is 0.598. The summed E-state index contributed by atoms with van der Waals surface area (Å²) in [6.45, 7) is 9.36. The van der Waals surface area contributed by atoms with Crippen molar-refractivity contribution in [2.75, 3.05) is 40.3 Å². The van der Waals surface area contributed by atoms with Crippen LogP contribution in [0.15, 0.2) is 53.5 Å². The van der Waals surface area contributed by atoms with Gasteiger partial charge in [-0.2, -0.15) is 0 Å². The second-order valence-electron chi connectivity index (χ2n) is 7.60. The number of guanidine groups is 1. The highest BCUT2D eigenvalue weighted by Gasteiger charge is 2.13. The van der Waals surface area contributed by atoms with Crippen molar-refractivity contribution >= 4 is 5.96 Å². The molecule has 0 unspecified atom stereocenters. The predicted octanol–water partition coefficient (Wildman–Crippen LogP) is 2.61. The number of aliphatic imine (C=N–C) groups is 1. The third-order valence-electron chi connectivity index (χ3n) is 5.42. The van der Waals surface area contributed by atoms with Crippen molar-refractivity contribution in [1.29, 1.82) is 0 Å². The maximum Gasteiger partial charge on any atom is 0.191 e. The summed E-state index contributed by atoms with van der Waals surface area (Å²) in [5.41, 5.74) is 5.23. The first-order valence-electron chi connectivity index (χ1n) is 10.1. The zero-order valence-corrected chi connectivity index (χ0v) is 17.4. The number of nitrogens with zero attached hydrogens (tertiary/aromatic N) is 3. The van der Waals surface area contributed by atoms with Gasteiger partial charge < -0.3 is 15.5 Å². The number of benzene rings is 2. The van der Waals surface area contributed by atoms with Gasteiger partial charge in [-0.15, -0.1) is 0 Å². The third-order valence-corrected chi connectivity index (χ3v) is 5.42. The molecule has 5 heteroatoms. The molecular formula is C23H33N5. The van der Waals surface area contributed by atoms with Crippen molar-refractivity contribution in [3.63, 3.8) is 0 Å². The Labute approximate surface area is 169 Å². The van der Waals surface area contributed by atoms with Gasteiger partial charge in [-0.25, -0.2) is 0 Å². The normalized spacial score (nSPS) is 16.2. The van der Waals surface area contributed by atoms with Gasteiger partial charge in [0.15, 0.2) is 5.96 Å². The first-order chi connectivity index (χ1) is 13.6. The molecule has 1 aliphatic heterocycles. The summed E-state index contributed by atoms with van der Waals surface area (Å²) in [7, 11) is 4.01. The van der Waals surface area contributed by atoms with E-state index in [0.29, 0.717) is 0 Å². The molecule has 0 radical (unpaired) electrons. The van der Waals surface area contributed by atoms with Gasteiger partial charge >= 0.3 is 0 Å². The summed E-state index contributed by atoms with van der Waals surface area (Å²) < 4.78 is 0. The van der Waals surface area contributed by atoms with Gasteiger partial charge in [-0.05, 0) is 36.2 Å². The predicted molar refractivity (Wildman–Crippen MR) is 117 cm³/mol. The van der Waals surface area contributed by atoms with Crippen LogP contribution in [0.2, 0.25) is 0 Å². The molecule has 150 valence electrons. The molecule has 0 atom stereocenters. The van der Waals surface area contributed by atoms with Crippen LogP contribution in [0.5, 0.6) is 0 Å². The van der Waals surface area contributed by atoms with Gasteiger partial charge in [0.2, 0.25) is 0 Å². The Kier molecular flexibility index (Phi) is 7.46. The zero-order valence-electron chi connectivity index (χ0n) is 17.4. The van der Waals surface area contributed by atoms with E-state index >= 15 is 0 Å². The standard InChI is InChI=1S/C23H33N5/c1-19-6-4-5-7-22(19)17-26-23(24-2)25-16-20-8-10-21(11-9-20)18-28-14-12-27(3)13-15-28/h4-11H,12-18H2,1-3H3,(H2,24,25,26). The lowest BCUT2D eigenvalue weighted by molar-refractivity contribution is 0.148. The van der Waals surface area contributed by atoms with Gasteiger partial charge in [0.05, 0.1) is 0 Å². The van der Waals surface area contributed by atoms with Gasteiger partial charge in [0, 0.05) is 52.9 Å². The van der Waals surface area contributed by atoms with Crippen molar-refractivity contribution < 1.29 is 0 Å². The van der Waals surface area contributed by atoms with Crippen LogP contribution in [0.4, 0.5) is 0 Å². The Balaban J connectivity index is 1.45. The number of aryl methyl sites for hydroxylation is 1. The molecule has 2 aromatic carbocycles. The molecule has 0 amide bonds.